The van der Waals surface area contributed by atoms with Gasteiger partial charge >= 0.3 is 17.9 Å². The lowest BCUT2D eigenvalue weighted by molar-refractivity contribution is -0.154. The van der Waals surface area contributed by atoms with E-state index in [1.54, 1.807) is 13.8 Å². The van der Waals surface area contributed by atoms with Crippen LogP contribution in [0.3, 0.4) is 0 Å². The van der Waals surface area contributed by atoms with Gasteiger partial charge < -0.3 is 19.3 Å². The summed E-state index contributed by atoms with van der Waals surface area (Å²) in [6.07, 6.45) is 2.16. The molecule has 4 atom stereocenters. The number of aliphatic hydroxyl groups excluding tert-OH is 1. The number of rotatable bonds is 0. The van der Waals surface area contributed by atoms with E-state index in [0.29, 0.717) is 6.42 Å². The van der Waals surface area contributed by atoms with E-state index >= 15 is 0 Å². The molecule has 0 radical (unpaired) electrons. The van der Waals surface area contributed by atoms with Crippen LogP contribution in [0.15, 0.2) is 24.3 Å². The number of hydrogen-bond donors (Lipinski definition) is 1. The number of carbonyl (C=O) groups is 3. The topological polar surface area (TPSA) is 99.1 Å². The molecule has 7 heteroatoms. The monoisotopic (exact) mass is 326 g/mol. The third-order valence-electron chi connectivity index (χ3n) is 3.04. The van der Waals surface area contributed by atoms with Crippen LogP contribution >= 0.6 is 0 Å². The molecule has 0 fully saturated rings. The molecule has 7 nitrogen and oxygen atoms in total. The average Bonchev–Trinajstić information content (AvgIpc) is 2.42. The van der Waals surface area contributed by atoms with Gasteiger partial charge in [-0.05, 0) is 26.8 Å². The first-order valence-corrected chi connectivity index (χ1v) is 7.41. The van der Waals surface area contributed by atoms with Crippen LogP contribution in [0.5, 0.6) is 0 Å². The molecule has 0 saturated carbocycles. The molecule has 0 aromatic carbocycles. The van der Waals surface area contributed by atoms with Crippen molar-refractivity contribution in [3.8, 4) is 0 Å². The molecule has 1 heterocycles. The predicted octanol–water partition coefficient (Wildman–Crippen LogP) is 1.05. The number of carbonyl (C=O) groups excluding carboxylic acids is 3. The number of aliphatic hydroxyl groups is 1. The third kappa shape index (κ3) is 7.60. The van der Waals surface area contributed by atoms with Crippen LogP contribution in [0, 0.1) is 0 Å². The SMILES string of the molecule is C[C@@H]1OC(=O)/C=C/C[C@H](C)OC(=O)C[C@H](C)OC(=O)/C=C/[C@H]1O. The quantitative estimate of drug-likeness (QED) is 0.524. The van der Waals surface area contributed by atoms with E-state index in [0.717, 1.165) is 6.08 Å². The van der Waals surface area contributed by atoms with E-state index in [9.17, 15) is 19.5 Å². The fourth-order valence-corrected chi connectivity index (χ4v) is 1.82. The second-order valence-electron chi connectivity index (χ2n) is 5.38. The van der Waals surface area contributed by atoms with Crippen molar-refractivity contribution in [1.82, 2.24) is 0 Å². The minimum Gasteiger partial charge on any atom is -0.462 e. The van der Waals surface area contributed by atoms with Gasteiger partial charge in [-0.1, -0.05) is 6.08 Å². The van der Waals surface area contributed by atoms with E-state index in [-0.39, 0.29) is 6.42 Å². The Morgan fingerprint density at radius 2 is 1.61 bits per heavy atom. The summed E-state index contributed by atoms with van der Waals surface area (Å²) in [5.41, 5.74) is 0. The minimum atomic E-state index is -1.15. The molecule has 0 amide bonds. The second kappa shape index (κ2) is 9.09. The molecule has 1 aliphatic rings. The maximum atomic E-state index is 11.7. The van der Waals surface area contributed by atoms with E-state index in [2.05, 4.69) is 0 Å². The van der Waals surface area contributed by atoms with Gasteiger partial charge in [0.15, 0.2) is 0 Å². The lowest BCUT2D eigenvalue weighted by atomic mass is 10.2. The summed E-state index contributed by atoms with van der Waals surface area (Å²) >= 11 is 0. The summed E-state index contributed by atoms with van der Waals surface area (Å²) in [5.74, 6) is -1.84. The first-order chi connectivity index (χ1) is 10.8. The highest BCUT2D eigenvalue weighted by Crippen LogP contribution is 2.08. The molecule has 23 heavy (non-hydrogen) atoms. The summed E-state index contributed by atoms with van der Waals surface area (Å²) < 4.78 is 15.1. The molecule has 1 N–H and O–H groups in total. The fraction of sp³-hybridized carbons (Fsp3) is 0.562. The van der Waals surface area contributed by atoms with Crippen LogP contribution in [-0.2, 0) is 28.6 Å². The Kier molecular flexibility index (Phi) is 7.47. The van der Waals surface area contributed by atoms with Gasteiger partial charge in [-0.3, -0.25) is 4.79 Å². The Labute approximate surface area is 134 Å². The molecule has 1 aliphatic heterocycles. The lowest BCUT2D eigenvalue weighted by Crippen LogP contribution is -2.27. The number of cyclic esters (lactones) is 3. The van der Waals surface area contributed by atoms with E-state index in [1.807, 2.05) is 0 Å². The number of ether oxygens (including phenoxy) is 3. The van der Waals surface area contributed by atoms with Gasteiger partial charge in [0.05, 0.1) is 6.42 Å². The largest absolute Gasteiger partial charge is 0.462 e. The Morgan fingerprint density at radius 1 is 0.957 bits per heavy atom. The van der Waals surface area contributed by atoms with Crippen molar-refractivity contribution < 1.29 is 33.7 Å². The molecule has 1 rings (SSSR count). The smallest absolute Gasteiger partial charge is 0.330 e. The minimum absolute atomic E-state index is 0.0748. The van der Waals surface area contributed by atoms with Crippen LogP contribution in [0.1, 0.15) is 33.6 Å². The fourth-order valence-electron chi connectivity index (χ4n) is 1.82. The first kappa shape index (κ1) is 18.9. The molecule has 0 aromatic heterocycles. The highest BCUT2D eigenvalue weighted by Gasteiger charge is 2.18. The van der Waals surface area contributed by atoms with Crippen molar-refractivity contribution in [2.45, 2.75) is 58.0 Å². The van der Waals surface area contributed by atoms with E-state index in [1.165, 1.54) is 25.2 Å². The molecule has 0 unspecified atom stereocenters. The standard InChI is InChI=1S/C16H22O7/c1-10-5-4-6-14(18)23-12(3)13(17)7-8-15(19)22-11(2)9-16(20)21-10/h4,6-8,10-13,17H,5,9H2,1-3H3/b6-4+,8-7+/t10-,11-,12-,13+/m0/s1. The zero-order valence-electron chi connectivity index (χ0n) is 13.4. The normalized spacial score (nSPS) is 34.0. The Bertz CT molecular complexity index is 495. The Hall–Kier alpha value is -2.15. The maximum absolute atomic E-state index is 11.7. The van der Waals surface area contributed by atoms with Gasteiger partial charge in [-0.15, -0.1) is 0 Å². The lowest BCUT2D eigenvalue weighted by Gasteiger charge is -2.17. The molecular weight excluding hydrogens is 304 g/mol. The van der Waals surface area contributed by atoms with Crippen LogP contribution in [0.2, 0.25) is 0 Å². The first-order valence-electron chi connectivity index (χ1n) is 7.41. The Morgan fingerprint density at radius 3 is 2.30 bits per heavy atom. The second-order valence-corrected chi connectivity index (χ2v) is 5.38. The molecular formula is C16H22O7. The van der Waals surface area contributed by atoms with Gasteiger partial charge in [0.2, 0.25) is 0 Å². The van der Waals surface area contributed by atoms with Crippen LogP contribution < -0.4 is 0 Å². The van der Waals surface area contributed by atoms with Crippen LogP contribution in [0.4, 0.5) is 0 Å². The van der Waals surface area contributed by atoms with Crippen molar-refractivity contribution in [1.29, 1.82) is 0 Å². The van der Waals surface area contributed by atoms with Crippen molar-refractivity contribution in [3.05, 3.63) is 24.3 Å². The summed E-state index contributed by atoms with van der Waals surface area (Å²) in [7, 11) is 0. The van der Waals surface area contributed by atoms with Crippen molar-refractivity contribution in [2.75, 3.05) is 0 Å². The molecule has 0 saturated heterocycles. The van der Waals surface area contributed by atoms with Crippen molar-refractivity contribution in [2.24, 2.45) is 0 Å². The number of esters is 3. The van der Waals surface area contributed by atoms with Crippen LogP contribution in [-0.4, -0.2) is 47.4 Å². The predicted molar refractivity (Wildman–Crippen MR) is 80.2 cm³/mol. The summed E-state index contributed by atoms with van der Waals surface area (Å²) in [6, 6.07) is 0. The third-order valence-corrected chi connectivity index (χ3v) is 3.04. The number of hydrogen-bond acceptors (Lipinski definition) is 7. The van der Waals surface area contributed by atoms with Gasteiger partial charge in [-0.25, -0.2) is 9.59 Å². The van der Waals surface area contributed by atoms with Crippen molar-refractivity contribution >= 4 is 17.9 Å². The summed E-state index contributed by atoms with van der Waals surface area (Å²) in [5, 5.41) is 9.80. The van der Waals surface area contributed by atoms with Gasteiger partial charge in [0.25, 0.3) is 0 Å². The molecule has 0 bridgehead atoms. The molecule has 0 aromatic rings. The maximum Gasteiger partial charge on any atom is 0.330 e. The van der Waals surface area contributed by atoms with Gasteiger partial charge in [-0.2, -0.15) is 0 Å². The molecule has 128 valence electrons. The van der Waals surface area contributed by atoms with Gasteiger partial charge in [0.1, 0.15) is 24.4 Å². The zero-order chi connectivity index (χ0) is 17.4. The summed E-state index contributed by atoms with van der Waals surface area (Å²) in [6.45, 7) is 4.76. The highest BCUT2D eigenvalue weighted by molar-refractivity contribution is 5.83. The molecule has 0 spiro atoms. The van der Waals surface area contributed by atoms with Gasteiger partial charge in [0, 0.05) is 18.6 Å². The zero-order valence-corrected chi connectivity index (χ0v) is 13.4. The Balaban J connectivity index is 2.82. The van der Waals surface area contributed by atoms with E-state index in [4.69, 9.17) is 14.2 Å². The highest BCUT2D eigenvalue weighted by atomic mass is 16.6. The summed E-state index contributed by atoms with van der Waals surface area (Å²) in [4.78, 5) is 34.8. The molecule has 0 aliphatic carbocycles. The average molecular weight is 326 g/mol. The van der Waals surface area contributed by atoms with E-state index < -0.39 is 42.3 Å². The van der Waals surface area contributed by atoms with Crippen molar-refractivity contribution in [3.63, 3.8) is 0 Å². The van der Waals surface area contributed by atoms with Crippen LogP contribution in [0.25, 0.3) is 0 Å².